The zero-order chi connectivity index (χ0) is 18.2. The van der Waals surface area contributed by atoms with Gasteiger partial charge in [0, 0.05) is 36.4 Å². The monoisotopic (exact) mass is 343 g/mol. The Morgan fingerprint density at radius 1 is 1.32 bits per heavy atom. The second kappa shape index (κ2) is 6.23. The van der Waals surface area contributed by atoms with E-state index in [1.54, 1.807) is 23.4 Å². The van der Waals surface area contributed by atoms with Crippen molar-refractivity contribution in [3.05, 3.63) is 36.2 Å². The Hall–Kier alpha value is -2.83. The molecule has 0 aliphatic carbocycles. The van der Waals surface area contributed by atoms with Gasteiger partial charge in [-0.05, 0) is 44.9 Å². The molecule has 132 valence electrons. The van der Waals surface area contributed by atoms with Crippen LogP contribution in [-0.2, 0) is 4.74 Å². The molecule has 0 unspecified atom stereocenters. The first-order valence-corrected chi connectivity index (χ1v) is 8.13. The number of hydrogen-bond acceptors (Lipinski definition) is 4. The SMILES string of the molecule is CC(C)(C)OC(=O)N1CC=C(c2cn(C(=O)O)c3ncccc23)CC1. The van der Waals surface area contributed by atoms with E-state index >= 15 is 0 Å². The number of pyridine rings is 1. The molecule has 3 rings (SSSR count). The van der Waals surface area contributed by atoms with E-state index in [0.29, 0.717) is 25.2 Å². The zero-order valence-electron chi connectivity index (χ0n) is 14.5. The summed E-state index contributed by atoms with van der Waals surface area (Å²) in [7, 11) is 0. The van der Waals surface area contributed by atoms with Crippen LogP contribution in [0.4, 0.5) is 9.59 Å². The van der Waals surface area contributed by atoms with Crippen molar-refractivity contribution in [2.45, 2.75) is 32.8 Å². The minimum atomic E-state index is -1.07. The molecule has 0 atom stereocenters. The van der Waals surface area contributed by atoms with Gasteiger partial charge >= 0.3 is 12.2 Å². The van der Waals surface area contributed by atoms with Crippen LogP contribution in [-0.4, -0.2) is 50.4 Å². The molecular weight excluding hydrogens is 322 g/mol. The highest BCUT2D eigenvalue weighted by Crippen LogP contribution is 2.30. The largest absolute Gasteiger partial charge is 0.464 e. The molecule has 2 aromatic rings. The number of nitrogens with zero attached hydrogens (tertiary/aromatic N) is 3. The number of aromatic nitrogens is 2. The molecule has 0 saturated heterocycles. The molecule has 1 aliphatic heterocycles. The molecule has 0 spiro atoms. The van der Waals surface area contributed by atoms with Crippen LogP contribution < -0.4 is 0 Å². The van der Waals surface area contributed by atoms with Gasteiger partial charge in [0.1, 0.15) is 11.2 Å². The summed E-state index contributed by atoms with van der Waals surface area (Å²) >= 11 is 0. The Bertz CT molecular complexity index is 861. The van der Waals surface area contributed by atoms with E-state index in [0.717, 1.165) is 21.1 Å². The first-order valence-electron chi connectivity index (χ1n) is 8.13. The minimum Gasteiger partial charge on any atom is -0.464 e. The first kappa shape index (κ1) is 17.0. The summed E-state index contributed by atoms with van der Waals surface area (Å²) in [6.07, 6.45) is 4.34. The van der Waals surface area contributed by atoms with Crippen LogP contribution in [0.25, 0.3) is 16.6 Å². The lowest BCUT2D eigenvalue weighted by molar-refractivity contribution is 0.0270. The molecule has 1 N–H and O–H groups in total. The fourth-order valence-corrected chi connectivity index (χ4v) is 2.87. The number of hydrogen-bond donors (Lipinski definition) is 1. The summed E-state index contributed by atoms with van der Waals surface area (Å²) in [6, 6.07) is 3.65. The van der Waals surface area contributed by atoms with E-state index in [2.05, 4.69) is 4.98 Å². The number of rotatable bonds is 1. The number of carbonyl (C=O) groups is 2. The van der Waals surface area contributed by atoms with Gasteiger partial charge in [-0.25, -0.2) is 19.1 Å². The van der Waals surface area contributed by atoms with Crippen LogP contribution in [0.2, 0.25) is 0 Å². The van der Waals surface area contributed by atoms with Crippen LogP contribution in [0.1, 0.15) is 32.8 Å². The molecule has 7 nitrogen and oxygen atoms in total. The molecule has 25 heavy (non-hydrogen) atoms. The second-order valence-electron chi connectivity index (χ2n) is 6.98. The van der Waals surface area contributed by atoms with Crippen LogP contribution in [0.3, 0.4) is 0 Å². The van der Waals surface area contributed by atoms with Crippen molar-refractivity contribution in [3.63, 3.8) is 0 Å². The maximum Gasteiger partial charge on any atom is 0.417 e. The van der Waals surface area contributed by atoms with E-state index in [4.69, 9.17) is 4.74 Å². The molecule has 0 fully saturated rings. The van der Waals surface area contributed by atoms with E-state index in [1.165, 1.54) is 0 Å². The van der Waals surface area contributed by atoms with Crippen molar-refractivity contribution in [1.29, 1.82) is 0 Å². The first-order chi connectivity index (χ1) is 11.8. The maximum absolute atomic E-state index is 12.1. The van der Waals surface area contributed by atoms with Gasteiger partial charge in [0.05, 0.1) is 0 Å². The van der Waals surface area contributed by atoms with E-state index in [9.17, 15) is 14.7 Å². The summed E-state index contributed by atoms with van der Waals surface area (Å²) in [4.78, 5) is 29.4. The predicted molar refractivity (Wildman–Crippen MR) is 93.6 cm³/mol. The Balaban J connectivity index is 1.86. The number of carboxylic acid groups (broad SMARTS) is 1. The summed E-state index contributed by atoms with van der Waals surface area (Å²) in [5.41, 5.74) is 1.74. The molecule has 3 heterocycles. The van der Waals surface area contributed by atoms with Gasteiger partial charge in [0.2, 0.25) is 0 Å². The minimum absolute atomic E-state index is 0.336. The standard InChI is InChI=1S/C18H21N3O4/c1-18(2,3)25-17(24)20-9-6-12(7-10-20)14-11-21(16(22)23)15-13(14)5-4-8-19-15/h4-6,8,11H,7,9-10H2,1-3H3,(H,22,23). The Kier molecular flexibility index (Phi) is 4.24. The van der Waals surface area contributed by atoms with E-state index in [1.807, 2.05) is 32.9 Å². The van der Waals surface area contributed by atoms with Crippen molar-refractivity contribution in [3.8, 4) is 0 Å². The maximum atomic E-state index is 12.1. The Labute approximate surface area is 145 Å². The highest BCUT2D eigenvalue weighted by Gasteiger charge is 2.25. The number of ether oxygens (including phenoxy) is 1. The molecule has 7 heteroatoms. The predicted octanol–water partition coefficient (Wildman–Crippen LogP) is 3.59. The quantitative estimate of drug-likeness (QED) is 0.855. The molecule has 0 bridgehead atoms. The third-order valence-electron chi connectivity index (χ3n) is 3.98. The van der Waals surface area contributed by atoms with Gasteiger partial charge < -0.3 is 14.7 Å². The lowest BCUT2D eigenvalue weighted by atomic mass is 10.00. The van der Waals surface area contributed by atoms with Crippen LogP contribution >= 0.6 is 0 Å². The fourth-order valence-electron chi connectivity index (χ4n) is 2.87. The van der Waals surface area contributed by atoms with Crippen LogP contribution in [0, 0.1) is 0 Å². The van der Waals surface area contributed by atoms with Gasteiger partial charge in [0.25, 0.3) is 0 Å². The third-order valence-corrected chi connectivity index (χ3v) is 3.98. The summed E-state index contributed by atoms with van der Waals surface area (Å²) in [5, 5.41) is 10.1. The lowest BCUT2D eigenvalue weighted by Gasteiger charge is -2.29. The summed E-state index contributed by atoms with van der Waals surface area (Å²) < 4.78 is 6.52. The number of amides is 1. The molecular formula is C18H21N3O4. The molecule has 0 aromatic carbocycles. The molecule has 2 aromatic heterocycles. The Morgan fingerprint density at radius 3 is 2.68 bits per heavy atom. The van der Waals surface area contributed by atoms with E-state index < -0.39 is 11.7 Å². The lowest BCUT2D eigenvalue weighted by Crippen LogP contribution is -2.39. The fraction of sp³-hybridized carbons (Fsp3) is 0.389. The Morgan fingerprint density at radius 2 is 2.08 bits per heavy atom. The van der Waals surface area contributed by atoms with Crippen molar-refractivity contribution in [2.24, 2.45) is 0 Å². The number of carbonyl (C=O) groups excluding carboxylic acids is 1. The van der Waals surface area contributed by atoms with Crippen LogP contribution in [0.15, 0.2) is 30.6 Å². The third kappa shape index (κ3) is 3.50. The molecule has 0 saturated carbocycles. The highest BCUT2D eigenvalue weighted by atomic mass is 16.6. The average molecular weight is 343 g/mol. The van der Waals surface area contributed by atoms with Crippen molar-refractivity contribution in [1.82, 2.24) is 14.5 Å². The van der Waals surface area contributed by atoms with Crippen LogP contribution in [0.5, 0.6) is 0 Å². The van der Waals surface area contributed by atoms with Crippen molar-refractivity contribution >= 4 is 28.8 Å². The van der Waals surface area contributed by atoms with Gasteiger partial charge in [-0.1, -0.05) is 6.08 Å². The normalized spacial score (nSPS) is 15.2. The van der Waals surface area contributed by atoms with Gasteiger partial charge in [-0.3, -0.25) is 0 Å². The van der Waals surface area contributed by atoms with Crippen molar-refractivity contribution in [2.75, 3.05) is 13.1 Å². The second-order valence-corrected chi connectivity index (χ2v) is 6.98. The summed E-state index contributed by atoms with van der Waals surface area (Å²) in [5.74, 6) is 0. The topological polar surface area (TPSA) is 84.7 Å². The molecule has 1 aliphatic rings. The van der Waals surface area contributed by atoms with Gasteiger partial charge in [-0.15, -0.1) is 0 Å². The van der Waals surface area contributed by atoms with Crippen molar-refractivity contribution < 1.29 is 19.4 Å². The van der Waals surface area contributed by atoms with Gasteiger partial charge in [-0.2, -0.15) is 0 Å². The molecule has 1 amide bonds. The molecule has 0 radical (unpaired) electrons. The highest BCUT2D eigenvalue weighted by molar-refractivity contribution is 5.96. The summed E-state index contributed by atoms with van der Waals surface area (Å²) in [6.45, 7) is 6.47. The number of fused-ring (bicyclic) bond motifs is 1. The average Bonchev–Trinajstić information content (AvgIpc) is 2.93. The van der Waals surface area contributed by atoms with E-state index in [-0.39, 0.29) is 6.09 Å². The smallest absolute Gasteiger partial charge is 0.417 e. The zero-order valence-corrected chi connectivity index (χ0v) is 14.5. The van der Waals surface area contributed by atoms with Gasteiger partial charge in [0.15, 0.2) is 0 Å².